The number of para-hydroxylation sites is 1. The first kappa shape index (κ1) is 21.6. The van der Waals surface area contributed by atoms with Gasteiger partial charge in [0.05, 0.1) is 19.0 Å². The van der Waals surface area contributed by atoms with Crippen molar-refractivity contribution in [1.29, 1.82) is 0 Å². The summed E-state index contributed by atoms with van der Waals surface area (Å²) in [6.45, 7) is 5.12. The summed E-state index contributed by atoms with van der Waals surface area (Å²) in [5.74, 6) is 0.769. The minimum atomic E-state index is 0.00722. The smallest absolute Gasteiger partial charge is 0.221 e. The van der Waals surface area contributed by atoms with Crippen molar-refractivity contribution in [2.24, 2.45) is 0 Å². The van der Waals surface area contributed by atoms with E-state index < -0.39 is 0 Å². The van der Waals surface area contributed by atoms with Crippen LogP contribution < -0.4 is 10.1 Å². The van der Waals surface area contributed by atoms with Gasteiger partial charge in [-0.25, -0.2) is 9.67 Å². The number of amides is 1. The number of pyridine rings is 1. The van der Waals surface area contributed by atoms with Crippen LogP contribution in [0.1, 0.15) is 23.2 Å². The highest BCUT2D eigenvalue weighted by Crippen LogP contribution is 2.35. The Kier molecular flexibility index (Phi) is 6.50. The molecule has 0 unspecified atom stereocenters. The Balaban J connectivity index is 1.54. The normalized spacial score (nSPS) is 11.0. The van der Waals surface area contributed by atoms with Crippen LogP contribution in [-0.2, 0) is 17.8 Å². The Bertz CT molecular complexity index is 1230. The van der Waals surface area contributed by atoms with Gasteiger partial charge in [-0.15, -0.1) is 0 Å². The molecule has 0 fully saturated rings. The number of nitrogens with zero attached hydrogens (tertiary/aromatic N) is 3. The third kappa shape index (κ3) is 4.64. The van der Waals surface area contributed by atoms with E-state index >= 15 is 0 Å². The summed E-state index contributed by atoms with van der Waals surface area (Å²) < 4.78 is 7.41. The van der Waals surface area contributed by atoms with Gasteiger partial charge in [0.25, 0.3) is 0 Å². The predicted molar refractivity (Wildman–Crippen MR) is 127 cm³/mol. The molecule has 2 aromatic carbocycles. The second kappa shape index (κ2) is 9.64. The van der Waals surface area contributed by atoms with Crippen molar-refractivity contribution in [3.8, 4) is 17.0 Å². The molecular formula is C26H28N4O2. The Hall–Kier alpha value is -3.67. The highest BCUT2D eigenvalue weighted by molar-refractivity contribution is 5.95. The molecule has 1 amide bonds. The lowest BCUT2D eigenvalue weighted by Gasteiger charge is -2.07. The minimum absolute atomic E-state index is 0.00722. The van der Waals surface area contributed by atoms with Crippen molar-refractivity contribution in [2.45, 2.75) is 33.2 Å². The third-order valence-corrected chi connectivity index (χ3v) is 5.52. The lowest BCUT2D eigenvalue weighted by Crippen LogP contribution is -2.26. The summed E-state index contributed by atoms with van der Waals surface area (Å²) in [6, 6.07) is 20.0. The average Bonchev–Trinajstić information content (AvgIpc) is 3.17. The van der Waals surface area contributed by atoms with Gasteiger partial charge in [0.15, 0.2) is 5.65 Å². The number of methoxy groups -OCH3 is 1. The summed E-state index contributed by atoms with van der Waals surface area (Å²) >= 11 is 0. The number of benzene rings is 2. The highest BCUT2D eigenvalue weighted by atomic mass is 16.5. The molecule has 2 heterocycles. The van der Waals surface area contributed by atoms with Crippen LogP contribution in [0.2, 0.25) is 0 Å². The third-order valence-electron chi connectivity index (χ3n) is 5.52. The molecule has 0 radical (unpaired) electrons. The largest absolute Gasteiger partial charge is 0.496 e. The molecule has 164 valence electrons. The van der Waals surface area contributed by atoms with Crippen LogP contribution >= 0.6 is 0 Å². The summed E-state index contributed by atoms with van der Waals surface area (Å²) in [7, 11) is 1.66. The molecule has 6 nitrogen and oxygen atoms in total. The van der Waals surface area contributed by atoms with Crippen molar-refractivity contribution in [1.82, 2.24) is 20.1 Å². The standard InChI is InChI=1S/C26H28N4O2/c1-18-17-19(2)28-26-24(18)25(21-11-7-8-12-22(21)32-3)29-30(26)16-14-23(31)27-15-13-20-9-5-4-6-10-20/h4-12,17H,13-16H2,1-3H3,(H,27,31). The van der Waals surface area contributed by atoms with Crippen LogP contribution in [0.25, 0.3) is 22.3 Å². The second-order valence-electron chi connectivity index (χ2n) is 7.89. The predicted octanol–water partition coefficient (Wildman–Crippen LogP) is 4.47. The van der Waals surface area contributed by atoms with E-state index in [2.05, 4.69) is 30.4 Å². The van der Waals surface area contributed by atoms with Gasteiger partial charge in [0, 0.05) is 24.2 Å². The van der Waals surface area contributed by atoms with Crippen LogP contribution in [0.5, 0.6) is 5.75 Å². The van der Waals surface area contributed by atoms with Crippen LogP contribution in [0, 0.1) is 13.8 Å². The van der Waals surface area contributed by atoms with E-state index in [1.807, 2.05) is 54.1 Å². The number of nitrogens with one attached hydrogen (secondary N) is 1. The SMILES string of the molecule is COc1ccccc1-c1nn(CCC(=O)NCCc2ccccc2)c2nc(C)cc(C)c12. The molecule has 6 heteroatoms. The first-order chi connectivity index (χ1) is 15.6. The number of carbonyl (C=O) groups excluding carboxylic acids is 1. The maximum Gasteiger partial charge on any atom is 0.221 e. The number of hydrogen-bond acceptors (Lipinski definition) is 4. The number of aromatic nitrogens is 3. The van der Waals surface area contributed by atoms with Crippen molar-refractivity contribution in [3.05, 3.63) is 77.5 Å². The summed E-state index contributed by atoms with van der Waals surface area (Å²) in [5.41, 5.74) is 5.77. The average molecular weight is 429 g/mol. The van der Waals surface area contributed by atoms with Gasteiger partial charge in [-0.1, -0.05) is 42.5 Å². The minimum Gasteiger partial charge on any atom is -0.496 e. The molecule has 1 N–H and O–H groups in total. The number of aryl methyl sites for hydroxylation is 3. The second-order valence-corrected chi connectivity index (χ2v) is 7.89. The lowest BCUT2D eigenvalue weighted by molar-refractivity contribution is -0.121. The molecule has 0 aliphatic rings. The Morgan fingerprint density at radius 3 is 2.59 bits per heavy atom. The molecule has 0 aliphatic heterocycles. The quantitative estimate of drug-likeness (QED) is 0.449. The van der Waals surface area contributed by atoms with Crippen molar-refractivity contribution in [3.63, 3.8) is 0 Å². The molecule has 0 atom stereocenters. The molecule has 0 saturated heterocycles. The summed E-state index contributed by atoms with van der Waals surface area (Å²) in [4.78, 5) is 17.2. The van der Waals surface area contributed by atoms with Gasteiger partial charge in [-0.2, -0.15) is 5.10 Å². The Morgan fingerprint density at radius 1 is 1.06 bits per heavy atom. The summed E-state index contributed by atoms with van der Waals surface area (Å²) in [5, 5.41) is 8.86. The van der Waals surface area contributed by atoms with E-state index in [-0.39, 0.29) is 5.91 Å². The number of rotatable bonds is 8. The first-order valence-corrected chi connectivity index (χ1v) is 10.9. The molecule has 4 rings (SSSR count). The molecule has 32 heavy (non-hydrogen) atoms. The fourth-order valence-corrected chi connectivity index (χ4v) is 3.99. The zero-order chi connectivity index (χ0) is 22.5. The van der Waals surface area contributed by atoms with Crippen molar-refractivity contribution < 1.29 is 9.53 Å². The lowest BCUT2D eigenvalue weighted by atomic mass is 10.0. The van der Waals surface area contributed by atoms with E-state index in [1.54, 1.807) is 7.11 Å². The molecular weight excluding hydrogens is 400 g/mol. The van der Waals surface area contributed by atoms with Gasteiger partial charge < -0.3 is 10.1 Å². The number of hydrogen-bond donors (Lipinski definition) is 1. The number of fused-ring (bicyclic) bond motifs is 1. The maximum atomic E-state index is 12.5. The van der Waals surface area contributed by atoms with Crippen LogP contribution in [0.15, 0.2) is 60.7 Å². The van der Waals surface area contributed by atoms with E-state index in [9.17, 15) is 4.79 Å². The summed E-state index contributed by atoms with van der Waals surface area (Å²) in [6.07, 6.45) is 1.15. The molecule has 0 bridgehead atoms. The number of ether oxygens (including phenoxy) is 1. The van der Waals surface area contributed by atoms with Gasteiger partial charge in [-0.3, -0.25) is 4.79 Å². The van der Waals surface area contributed by atoms with Crippen LogP contribution in [0.3, 0.4) is 0 Å². The molecule has 4 aromatic rings. The molecule has 0 spiro atoms. The van der Waals surface area contributed by atoms with E-state index in [0.29, 0.717) is 19.5 Å². The van der Waals surface area contributed by atoms with Crippen molar-refractivity contribution in [2.75, 3.05) is 13.7 Å². The molecule has 2 aromatic heterocycles. The fourth-order valence-electron chi connectivity index (χ4n) is 3.99. The fraction of sp³-hybridized carbons (Fsp3) is 0.269. The number of carbonyl (C=O) groups is 1. The topological polar surface area (TPSA) is 69.0 Å². The van der Waals surface area contributed by atoms with E-state index in [0.717, 1.165) is 45.7 Å². The zero-order valence-corrected chi connectivity index (χ0v) is 18.8. The zero-order valence-electron chi connectivity index (χ0n) is 18.8. The van der Waals surface area contributed by atoms with E-state index in [4.69, 9.17) is 14.8 Å². The monoisotopic (exact) mass is 428 g/mol. The van der Waals surface area contributed by atoms with Crippen molar-refractivity contribution >= 4 is 16.9 Å². The molecule has 0 aliphatic carbocycles. The molecule has 0 saturated carbocycles. The Morgan fingerprint density at radius 2 is 1.81 bits per heavy atom. The van der Waals surface area contributed by atoms with E-state index in [1.165, 1.54) is 5.56 Å². The van der Waals surface area contributed by atoms with Gasteiger partial charge in [-0.05, 0) is 49.6 Å². The van der Waals surface area contributed by atoms with Gasteiger partial charge >= 0.3 is 0 Å². The maximum absolute atomic E-state index is 12.5. The Labute approximate surface area is 188 Å². The van der Waals surface area contributed by atoms with Gasteiger partial charge in [0.1, 0.15) is 11.4 Å². The van der Waals surface area contributed by atoms with Crippen LogP contribution in [0.4, 0.5) is 0 Å². The first-order valence-electron chi connectivity index (χ1n) is 10.9. The van der Waals surface area contributed by atoms with Gasteiger partial charge in [0.2, 0.25) is 5.91 Å². The van der Waals surface area contributed by atoms with Crippen LogP contribution in [-0.4, -0.2) is 34.3 Å². The highest BCUT2D eigenvalue weighted by Gasteiger charge is 2.19.